The Kier molecular flexibility index (Phi) is 6.82. The van der Waals surface area contributed by atoms with Crippen LogP contribution in [0.3, 0.4) is 0 Å². The molecule has 0 fully saturated rings. The van der Waals surface area contributed by atoms with Gasteiger partial charge in [0.25, 0.3) is 0 Å². The summed E-state index contributed by atoms with van der Waals surface area (Å²) in [7, 11) is 0. The molecule has 0 aliphatic rings. The average molecular weight is 370 g/mol. The molecule has 2 N–H and O–H groups in total. The van der Waals surface area contributed by atoms with Gasteiger partial charge in [0.1, 0.15) is 16.9 Å². The Morgan fingerprint density at radius 3 is 1.52 bits per heavy atom. The maximum Gasteiger partial charge on any atom is 0.239 e. The number of hydrogen-bond donors (Lipinski definition) is 2. The van der Waals surface area contributed by atoms with Crippen molar-refractivity contribution in [2.24, 2.45) is 5.41 Å². The first-order valence-electron chi connectivity index (χ1n) is 8.96. The van der Waals surface area contributed by atoms with Crippen LogP contribution in [-0.4, -0.2) is 25.0 Å². The van der Waals surface area contributed by atoms with Crippen molar-refractivity contribution in [2.75, 3.05) is 23.8 Å². The Bertz CT molecular complexity index is 737. The zero-order valence-electron chi connectivity index (χ0n) is 16.2. The largest absolute Gasteiger partial charge is 0.492 e. The van der Waals surface area contributed by atoms with E-state index in [9.17, 15) is 9.59 Å². The molecular weight excluding hydrogens is 344 g/mol. The maximum atomic E-state index is 12.8. The number of rotatable bonds is 8. The lowest BCUT2D eigenvalue weighted by Gasteiger charge is -2.24. The summed E-state index contributed by atoms with van der Waals surface area (Å²) in [4.78, 5) is 25.5. The van der Waals surface area contributed by atoms with Crippen LogP contribution in [-0.2, 0) is 9.59 Å². The summed E-state index contributed by atoms with van der Waals surface area (Å²) in [5, 5.41) is 5.57. The average Bonchev–Trinajstić information content (AvgIpc) is 2.65. The molecule has 144 valence electrons. The lowest BCUT2D eigenvalue weighted by Crippen LogP contribution is -2.41. The number of benzene rings is 2. The molecule has 0 saturated heterocycles. The van der Waals surface area contributed by atoms with Crippen molar-refractivity contribution in [1.29, 1.82) is 0 Å². The van der Waals surface area contributed by atoms with Crippen molar-refractivity contribution in [3.8, 4) is 11.5 Å². The van der Waals surface area contributed by atoms with Crippen LogP contribution in [0.1, 0.15) is 27.7 Å². The fourth-order valence-corrected chi connectivity index (χ4v) is 2.36. The summed E-state index contributed by atoms with van der Waals surface area (Å²) in [5.74, 6) is 0.264. The molecule has 2 rings (SSSR count). The first-order chi connectivity index (χ1) is 12.9. The molecule has 0 aromatic heterocycles. The lowest BCUT2D eigenvalue weighted by atomic mass is 9.90. The third-order valence-electron chi connectivity index (χ3n) is 4.01. The number of para-hydroxylation sites is 4. The summed E-state index contributed by atoms with van der Waals surface area (Å²) in [6.07, 6.45) is 0. The summed E-state index contributed by atoms with van der Waals surface area (Å²) in [6, 6.07) is 14.2. The van der Waals surface area contributed by atoms with Gasteiger partial charge in [-0.2, -0.15) is 0 Å². The normalized spacial score (nSPS) is 10.8. The van der Waals surface area contributed by atoms with Crippen molar-refractivity contribution >= 4 is 23.2 Å². The van der Waals surface area contributed by atoms with Gasteiger partial charge < -0.3 is 20.1 Å². The predicted octanol–water partition coefficient (Wildman–Crippen LogP) is 4.09. The molecule has 6 heteroatoms. The predicted molar refractivity (Wildman–Crippen MR) is 106 cm³/mol. The molecule has 0 unspecified atom stereocenters. The molecule has 6 nitrogen and oxygen atoms in total. The minimum atomic E-state index is -1.31. The van der Waals surface area contributed by atoms with E-state index in [1.165, 1.54) is 0 Å². The topological polar surface area (TPSA) is 76.7 Å². The number of anilines is 2. The second kappa shape index (κ2) is 9.07. The van der Waals surface area contributed by atoms with Crippen LogP contribution >= 0.6 is 0 Å². The standard InChI is InChI=1S/C21H26N2O4/c1-5-26-17-13-9-7-11-15(17)22-19(24)21(3,4)20(25)23-16-12-8-10-14-18(16)27-6-2/h7-14H,5-6H2,1-4H3,(H,22,24)(H,23,25). The molecule has 0 aliphatic heterocycles. The van der Waals surface area contributed by atoms with Crippen LogP contribution in [0.4, 0.5) is 11.4 Å². The molecule has 0 aliphatic carbocycles. The van der Waals surface area contributed by atoms with Crippen molar-refractivity contribution in [1.82, 2.24) is 0 Å². The number of carbonyl (C=O) groups is 2. The van der Waals surface area contributed by atoms with Gasteiger partial charge in [-0.3, -0.25) is 9.59 Å². The van der Waals surface area contributed by atoms with Gasteiger partial charge in [-0.05, 0) is 52.0 Å². The van der Waals surface area contributed by atoms with E-state index in [0.29, 0.717) is 36.1 Å². The van der Waals surface area contributed by atoms with E-state index >= 15 is 0 Å². The van der Waals surface area contributed by atoms with Crippen molar-refractivity contribution in [3.05, 3.63) is 48.5 Å². The van der Waals surface area contributed by atoms with Crippen molar-refractivity contribution in [3.63, 3.8) is 0 Å². The number of carbonyl (C=O) groups excluding carboxylic acids is 2. The number of ether oxygens (including phenoxy) is 2. The molecule has 2 aromatic carbocycles. The molecule has 0 spiro atoms. The van der Waals surface area contributed by atoms with Crippen LogP contribution in [0.5, 0.6) is 11.5 Å². The smallest absolute Gasteiger partial charge is 0.239 e. The van der Waals surface area contributed by atoms with Crippen molar-refractivity contribution < 1.29 is 19.1 Å². The summed E-state index contributed by atoms with van der Waals surface area (Å²) < 4.78 is 11.0. The van der Waals surface area contributed by atoms with E-state index in [-0.39, 0.29) is 0 Å². The first-order valence-corrected chi connectivity index (χ1v) is 8.96. The molecule has 2 aromatic rings. The van der Waals surface area contributed by atoms with Gasteiger partial charge in [-0.15, -0.1) is 0 Å². The minimum absolute atomic E-state index is 0.430. The van der Waals surface area contributed by atoms with Crippen LogP contribution in [0, 0.1) is 5.41 Å². The molecule has 2 amide bonds. The Hall–Kier alpha value is -3.02. The van der Waals surface area contributed by atoms with Crippen LogP contribution < -0.4 is 20.1 Å². The highest BCUT2D eigenvalue weighted by Crippen LogP contribution is 2.29. The highest BCUT2D eigenvalue weighted by atomic mass is 16.5. The number of nitrogens with one attached hydrogen (secondary N) is 2. The SMILES string of the molecule is CCOc1ccccc1NC(=O)C(C)(C)C(=O)Nc1ccccc1OCC. The second-order valence-electron chi connectivity index (χ2n) is 6.39. The van der Waals surface area contributed by atoms with Gasteiger partial charge in [-0.25, -0.2) is 0 Å². The van der Waals surface area contributed by atoms with E-state index in [0.717, 1.165) is 0 Å². The maximum absolute atomic E-state index is 12.8. The fraction of sp³-hybridized carbons (Fsp3) is 0.333. The Labute approximate surface area is 159 Å². The Balaban J connectivity index is 2.15. The third kappa shape index (κ3) is 5.00. The highest BCUT2D eigenvalue weighted by molar-refractivity contribution is 6.14. The second-order valence-corrected chi connectivity index (χ2v) is 6.39. The number of amides is 2. The molecule has 0 radical (unpaired) electrons. The van der Waals surface area contributed by atoms with Crippen LogP contribution in [0.25, 0.3) is 0 Å². The zero-order chi connectivity index (χ0) is 19.9. The number of hydrogen-bond acceptors (Lipinski definition) is 4. The molecule has 0 bridgehead atoms. The van der Waals surface area contributed by atoms with Gasteiger partial charge >= 0.3 is 0 Å². The molecule has 0 heterocycles. The minimum Gasteiger partial charge on any atom is -0.492 e. The summed E-state index contributed by atoms with van der Waals surface area (Å²) in [5.41, 5.74) is -0.251. The van der Waals surface area contributed by atoms with E-state index < -0.39 is 17.2 Å². The van der Waals surface area contributed by atoms with E-state index in [1.54, 1.807) is 50.2 Å². The monoisotopic (exact) mass is 370 g/mol. The first kappa shape index (κ1) is 20.3. The third-order valence-corrected chi connectivity index (χ3v) is 4.01. The van der Waals surface area contributed by atoms with E-state index in [4.69, 9.17) is 9.47 Å². The molecule has 0 saturated carbocycles. The van der Waals surface area contributed by atoms with E-state index in [1.807, 2.05) is 26.0 Å². The Morgan fingerprint density at radius 2 is 1.15 bits per heavy atom. The van der Waals surface area contributed by atoms with Crippen LogP contribution in [0.15, 0.2) is 48.5 Å². The summed E-state index contributed by atoms with van der Waals surface area (Å²) >= 11 is 0. The fourth-order valence-electron chi connectivity index (χ4n) is 2.36. The van der Waals surface area contributed by atoms with Crippen molar-refractivity contribution in [2.45, 2.75) is 27.7 Å². The van der Waals surface area contributed by atoms with Crippen LogP contribution in [0.2, 0.25) is 0 Å². The van der Waals surface area contributed by atoms with Gasteiger partial charge in [0.05, 0.1) is 24.6 Å². The van der Waals surface area contributed by atoms with Gasteiger partial charge in [-0.1, -0.05) is 24.3 Å². The Morgan fingerprint density at radius 1 is 0.778 bits per heavy atom. The highest BCUT2D eigenvalue weighted by Gasteiger charge is 2.37. The molecular formula is C21H26N2O4. The van der Waals surface area contributed by atoms with Gasteiger partial charge in [0.2, 0.25) is 11.8 Å². The molecule has 0 atom stereocenters. The van der Waals surface area contributed by atoms with Gasteiger partial charge in [0.15, 0.2) is 0 Å². The molecule has 27 heavy (non-hydrogen) atoms. The zero-order valence-corrected chi connectivity index (χ0v) is 16.2. The van der Waals surface area contributed by atoms with Gasteiger partial charge in [0, 0.05) is 0 Å². The lowest BCUT2D eigenvalue weighted by molar-refractivity contribution is -0.135. The quantitative estimate of drug-likeness (QED) is 0.686. The summed E-state index contributed by atoms with van der Waals surface area (Å²) in [6.45, 7) is 7.84. The van der Waals surface area contributed by atoms with E-state index in [2.05, 4.69) is 10.6 Å².